The van der Waals surface area contributed by atoms with Gasteiger partial charge >= 0.3 is 5.97 Å². The topological polar surface area (TPSA) is 77.8 Å². The third-order valence-corrected chi connectivity index (χ3v) is 6.27. The first kappa shape index (κ1) is 21.2. The molecule has 26 heavy (non-hydrogen) atoms. The standard InChI is InChI=1S/C22H36O4/c1-3-4-7-15(2)20(23)11-10-18-19-13-16(8-5-6-9-22(25)26)12-17(19)14-21(18)24/h8,10-11,15,17-21,23-24H,3-7,9,12-14H2,1-2H3,(H,25,26)/b11-10+,16-8+/t15-,17+,18+,19-,20+,21+/m0/s1. The lowest BCUT2D eigenvalue weighted by molar-refractivity contribution is -0.137. The molecule has 148 valence electrons. The molecule has 0 bridgehead atoms. The Kier molecular flexibility index (Phi) is 8.36. The summed E-state index contributed by atoms with van der Waals surface area (Å²) in [7, 11) is 0. The van der Waals surface area contributed by atoms with Crippen LogP contribution in [0.2, 0.25) is 0 Å². The van der Waals surface area contributed by atoms with E-state index in [0.717, 1.165) is 44.9 Å². The van der Waals surface area contributed by atoms with Gasteiger partial charge in [-0.05, 0) is 56.3 Å². The van der Waals surface area contributed by atoms with Crippen LogP contribution in [-0.4, -0.2) is 33.5 Å². The maximum atomic E-state index is 10.6. The molecule has 2 fully saturated rings. The van der Waals surface area contributed by atoms with Gasteiger partial charge in [-0.25, -0.2) is 0 Å². The summed E-state index contributed by atoms with van der Waals surface area (Å²) in [5.41, 5.74) is 1.42. The minimum Gasteiger partial charge on any atom is -0.481 e. The molecule has 3 N–H and O–H groups in total. The Hall–Kier alpha value is -1.13. The highest BCUT2D eigenvalue weighted by Gasteiger charge is 2.44. The normalized spacial score (nSPS) is 32.2. The highest BCUT2D eigenvalue weighted by Crippen LogP contribution is 2.50. The molecule has 6 atom stereocenters. The number of aliphatic hydroxyl groups is 2. The summed E-state index contributed by atoms with van der Waals surface area (Å²) in [5, 5.41) is 29.5. The van der Waals surface area contributed by atoms with Crippen molar-refractivity contribution in [3.63, 3.8) is 0 Å². The molecule has 2 aliphatic carbocycles. The van der Waals surface area contributed by atoms with Crippen molar-refractivity contribution in [2.45, 2.75) is 83.8 Å². The van der Waals surface area contributed by atoms with Crippen molar-refractivity contribution in [1.29, 1.82) is 0 Å². The van der Waals surface area contributed by atoms with Gasteiger partial charge in [0.05, 0.1) is 12.2 Å². The lowest BCUT2D eigenvalue weighted by Crippen LogP contribution is -2.19. The highest BCUT2D eigenvalue weighted by molar-refractivity contribution is 5.66. The van der Waals surface area contributed by atoms with Crippen molar-refractivity contribution in [3.8, 4) is 0 Å². The number of rotatable bonds is 10. The highest BCUT2D eigenvalue weighted by atomic mass is 16.4. The van der Waals surface area contributed by atoms with E-state index in [-0.39, 0.29) is 24.4 Å². The quantitative estimate of drug-likeness (QED) is 0.398. The van der Waals surface area contributed by atoms with E-state index in [1.807, 2.05) is 6.08 Å². The second-order valence-electron chi connectivity index (χ2n) is 8.36. The van der Waals surface area contributed by atoms with Crippen LogP contribution in [0.15, 0.2) is 23.8 Å². The SMILES string of the molecule is CCCC[C@H](C)[C@H](O)/C=C/[C@@H]1[C@H]2C/C(=C/CCCC(=O)O)C[C@@H]2C[C@H]1O. The molecule has 0 spiro atoms. The summed E-state index contributed by atoms with van der Waals surface area (Å²) in [6.45, 7) is 4.25. The van der Waals surface area contributed by atoms with Crippen LogP contribution in [0.4, 0.5) is 0 Å². The van der Waals surface area contributed by atoms with Crippen molar-refractivity contribution in [2.24, 2.45) is 23.7 Å². The zero-order valence-corrected chi connectivity index (χ0v) is 16.3. The van der Waals surface area contributed by atoms with Crippen LogP contribution >= 0.6 is 0 Å². The van der Waals surface area contributed by atoms with E-state index in [2.05, 4.69) is 26.0 Å². The molecule has 0 unspecified atom stereocenters. The maximum Gasteiger partial charge on any atom is 0.303 e. The maximum absolute atomic E-state index is 10.6. The summed E-state index contributed by atoms with van der Waals surface area (Å²) >= 11 is 0. The van der Waals surface area contributed by atoms with Crippen LogP contribution in [0.25, 0.3) is 0 Å². The van der Waals surface area contributed by atoms with E-state index in [0.29, 0.717) is 18.3 Å². The van der Waals surface area contributed by atoms with Gasteiger partial charge in [-0.3, -0.25) is 4.79 Å². The second-order valence-corrected chi connectivity index (χ2v) is 8.36. The fraction of sp³-hybridized carbons (Fsp3) is 0.773. The van der Waals surface area contributed by atoms with E-state index < -0.39 is 12.1 Å². The van der Waals surface area contributed by atoms with Crippen molar-refractivity contribution in [3.05, 3.63) is 23.8 Å². The molecule has 2 aliphatic rings. The number of hydrogen-bond acceptors (Lipinski definition) is 3. The predicted octanol–water partition coefficient (Wildman–Crippen LogP) is 4.32. The van der Waals surface area contributed by atoms with Gasteiger partial charge in [0.15, 0.2) is 0 Å². The van der Waals surface area contributed by atoms with Gasteiger partial charge < -0.3 is 15.3 Å². The first-order valence-electron chi connectivity index (χ1n) is 10.4. The van der Waals surface area contributed by atoms with Crippen LogP contribution in [-0.2, 0) is 4.79 Å². The molecule has 0 aromatic carbocycles. The summed E-state index contributed by atoms with van der Waals surface area (Å²) in [4.78, 5) is 10.6. The molecular weight excluding hydrogens is 328 g/mol. The van der Waals surface area contributed by atoms with Gasteiger partial charge in [0.1, 0.15) is 0 Å². The molecule has 0 aliphatic heterocycles. The van der Waals surface area contributed by atoms with Gasteiger partial charge in [-0.15, -0.1) is 0 Å². The first-order chi connectivity index (χ1) is 12.4. The number of allylic oxidation sites excluding steroid dienone is 2. The summed E-state index contributed by atoms with van der Waals surface area (Å²) < 4.78 is 0. The monoisotopic (exact) mass is 364 g/mol. The number of fused-ring (bicyclic) bond motifs is 1. The number of aliphatic carboxylic acids is 1. The van der Waals surface area contributed by atoms with Crippen molar-refractivity contribution >= 4 is 5.97 Å². The Balaban J connectivity index is 1.87. The number of carbonyl (C=O) groups is 1. The molecule has 0 heterocycles. The first-order valence-corrected chi connectivity index (χ1v) is 10.4. The zero-order chi connectivity index (χ0) is 19.1. The predicted molar refractivity (Wildman–Crippen MR) is 104 cm³/mol. The van der Waals surface area contributed by atoms with Crippen LogP contribution < -0.4 is 0 Å². The molecule has 2 rings (SSSR count). The Morgan fingerprint density at radius 2 is 2.08 bits per heavy atom. The average Bonchev–Trinajstić information content (AvgIpc) is 3.10. The number of unbranched alkanes of at least 4 members (excludes halogenated alkanes) is 2. The summed E-state index contributed by atoms with van der Waals surface area (Å²) in [5.74, 6) is 0.656. The van der Waals surface area contributed by atoms with Gasteiger partial charge in [-0.2, -0.15) is 0 Å². The Labute approximate surface area is 158 Å². The fourth-order valence-corrected chi connectivity index (χ4v) is 4.63. The van der Waals surface area contributed by atoms with Gasteiger partial charge in [0.25, 0.3) is 0 Å². The zero-order valence-electron chi connectivity index (χ0n) is 16.3. The molecule has 0 radical (unpaired) electrons. The second kappa shape index (κ2) is 10.3. The third-order valence-electron chi connectivity index (χ3n) is 6.27. The van der Waals surface area contributed by atoms with Crippen LogP contribution in [0.1, 0.15) is 71.6 Å². The van der Waals surface area contributed by atoms with Crippen LogP contribution in [0.5, 0.6) is 0 Å². The van der Waals surface area contributed by atoms with Gasteiger partial charge in [0.2, 0.25) is 0 Å². The Bertz CT molecular complexity index is 510. The minimum atomic E-state index is -0.730. The van der Waals surface area contributed by atoms with E-state index in [1.165, 1.54) is 5.57 Å². The van der Waals surface area contributed by atoms with Gasteiger partial charge in [-0.1, -0.05) is 50.5 Å². The lowest BCUT2D eigenvalue weighted by Gasteiger charge is -2.19. The van der Waals surface area contributed by atoms with E-state index in [1.54, 1.807) is 0 Å². The average molecular weight is 365 g/mol. The number of carboxylic acid groups (broad SMARTS) is 1. The summed E-state index contributed by atoms with van der Waals surface area (Å²) in [6.07, 6.45) is 13.4. The third kappa shape index (κ3) is 5.95. The fourth-order valence-electron chi connectivity index (χ4n) is 4.63. The van der Waals surface area contributed by atoms with Crippen molar-refractivity contribution in [1.82, 2.24) is 0 Å². The van der Waals surface area contributed by atoms with Crippen molar-refractivity contribution in [2.75, 3.05) is 0 Å². The molecule has 0 aromatic rings. The smallest absolute Gasteiger partial charge is 0.303 e. The Morgan fingerprint density at radius 3 is 2.77 bits per heavy atom. The van der Waals surface area contributed by atoms with E-state index in [4.69, 9.17) is 5.11 Å². The lowest BCUT2D eigenvalue weighted by atomic mass is 9.89. The number of hydrogen-bond donors (Lipinski definition) is 3. The van der Waals surface area contributed by atoms with Crippen LogP contribution in [0, 0.1) is 23.7 Å². The van der Waals surface area contributed by atoms with Crippen molar-refractivity contribution < 1.29 is 20.1 Å². The summed E-state index contributed by atoms with van der Waals surface area (Å²) in [6, 6.07) is 0. The van der Waals surface area contributed by atoms with Gasteiger partial charge in [0, 0.05) is 12.3 Å². The van der Waals surface area contributed by atoms with Crippen LogP contribution in [0.3, 0.4) is 0 Å². The largest absolute Gasteiger partial charge is 0.481 e. The Morgan fingerprint density at radius 1 is 1.31 bits per heavy atom. The van der Waals surface area contributed by atoms with E-state index in [9.17, 15) is 15.0 Å². The molecule has 0 amide bonds. The molecule has 0 saturated heterocycles. The number of aliphatic hydroxyl groups excluding tert-OH is 2. The molecule has 0 aromatic heterocycles. The molecular formula is C22H36O4. The van der Waals surface area contributed by atoms with E-state index >= 15 is 0 Å². The number of carboxylic acids is 1. The molecule has 4 nitrogen and oxygen atoms in total. The minimum absolute atomic E-state index is 0.137. The molecule has 2 saturated carbocycles. The molecule has 4 heteroatoms.